The zero-order valence-corrected chi connectivity index (χ0v) is 11.4. The minimum Gasteiger partial charge on any atom is -0.454 e. The molecule has 0 bridgehead atoms. The number of hydrazine groups is 1. The number of amides is 2. The van der Waals surface area contributed by atoms with Gasteiger partial charge in [0.2, 0.25) is 6.79 Å². The van der Waals surface area contributed by atoms with Gasteiger partial charge in [-0.2, -0.15) is 5.26 Å². The van der Waals surface area contributed by atoms with Crippen molar-refractivity contribution in [2.24, 2.45) is 0 Å². The molecule has 0 spiro atoms. The Balaban J connectivity index is 1.57. The monoisotopic (exact) mass is 296 g/mol. The van der Waals surface area contributed by atoms with Crippen LogP contribution in [0, 0.1) is 11.3 Å². The van der Waals surface area contributed by atoms with Gasteiger partial charge in [-0.15, -0.1) is 0 Å². The second-order valence-electron chi connectivity index (χ2n) is 4.46. The molecule has 7 nitrogen and oxygen atoms in total. The number of hydrogen-bond donors (Lipinski definition) is 3. The van der Waals surface area contributed by atoms with E-state index in [9.17, 15) is 4.79 Å². The molecule has 22 heavy (non-hydrogen) atoms. The molecule has 1 heterocycles. The lowest BCUT2D eigenvalue weighted by Crippen LogP contribution is -2.33. The van der Waals surface area contributed by atoms with Gasteiger partial charge in [0.15, 0.2) is 11.5 Å². The fraction of sp³-hybridized carbons (Fsp3) is 0.0667. The summed E-state index contributed by atoms with van der Waals surface area (Å²) >= 11 is 0. The Morgan fingerprint density at radius 1 is 1.09 bits per heavy atom. The molecule has 2 aromatic rings. The van der Waals surface area contributed by atoms with Crippen LogP contribution in [-0.4, -0.2) is 12.8 Å². The van der Waals surface area contributed by atoms with Gasteiger partial charge in [0.25, 0.3) is 0 Å². The zero-order chi connectivity index (χ0) is 15.4. The van der Waals surface area contributed by atoms with Gasteiger partial charge in [-0.3, -0.25) is 10.9 Å². The van der Waals surface area contributed by atoms with E-state index in [1.54, 1.807) is 42.5 Å². The molecule has 3 N–H and O–H groups in total. The van der Waals surface area contributed by atoms with Crippen molar-refractivity contribution in [1.29, 1.82) is 5.26 Å². The van der Waals surface area contributed by atoms with Crippen LogP contribution in [0.3, 0.4) is 0 Å². The van der Waals surface area contributed by atoms with Gasteiger partial charge in [-0.25, -0.2) is 4.79 Å². The normalized spacial score (nSPS) is 11.4. The molecule has 7 heteroatoms. The van der Waals surface area contributed by atoms with Crippen molar-refractivity contribution >= 4 is 17.4 Å². The van der Waals surface area contributed by atoms with E-state index in [0.717, 1.165) is 0 Å². The Morgan fingerprint density at radius 2 is 1.95 bits per heavy atom. The molecule has 110 valence electrons. The fourth-order valence-electron chi connectivity index (χ4n) is 1.93. The number of urea groups is 1. The molecule has 0 aromatic heterocycles. The van der Waals surface area contributed by atoms with E-state index >= 15 is 0 Å². The van der Waals surface area contributed by atoms with Crippen molar-refractivity contribution in [2.75, 3.05) is 17.5 Å². The molecule has 1 aliphatic heterocycles. The van der Waals surface area contributed by atoms with E-state index in [4.69, 9.17) is 14.7 Å². The summed E-state index contributed by atoms with van der Waals surface area (Å²) in [6.07, 6.45) is 0. The largest absolute Gasteiger partial charge is 0.454 e. The SMILES string of the molecule is N#Cc1cccc(NNC(=O)Nc2ccc3c(c2)OCO3)c1. The Morgan fingerprint density at radius 3 is 2.82 bits per heavy atom. The minimum absolute atomic E-state index is 0.182. The summed E-state index contributed by atoms with van der Waals surface area (Å²) in [5.41, 5.74) is 6.90. The number of hydrogen-bond acceptors (Lipinski definition) is 5. The van der Waals surface area contributed by atoms with Gasteiger partial charge in [0, 0.05) is 11.8 Å². The van der Waals surface area contributed by atoms with Gasteiger partial charge >= 0.3 is 6.03 Å². The maximum absolute atomic E-state index is 11.8. The average Bonchev–Trinajstić information content (AvgIpc) is 3.01. The number of nitriles is 1. The van der Waals surface area contributed by atoms with Crippen molar-refractivity contribution in [3.05, 3.63) is 48.0 Å². The summed E-state index contributed by atoms with van der Waals surface area (Å²) in [6.45, 7) is 0.182. The number of rotatable bonds is 3. The van der Waals surface area contributed by atoms with Crippen molar-refractivity contribution in [2.45, 2.75) is 0 Å². The molecular formula is C15H12N4O3. The van der Waals surface area contributed by atoms with Gasteiger partial charge in [-0.1, -0.05) is 6.07 Å². The lowest BCUT2D eigenvalue weighted by Gasteiger charge is -2.10. The summed E-state index contributed by atoms with van der Waals surface area (Å²) in [6, 6.07) is 13.5. The molecule has 0 radical (unpaired) electrons. The molecule has 0 saturated carbocycles. The summed E-state index contributed by atoms with van der Waals surface area (Å²) < 4.78 is 10.4. The van der Waals surface area contributed by atoms with Gasteiger partial charge in [0.05, 0.1) is 17.3 Å². The molecule has 1 aliphatic rings. The number of anilines is 2. The van der Waals surface area contributed by atoms with Crippen LogP contribution in [0.4, 0.5) is 16.2 Å². The molecule has 0 atom stereocenters. The van der Waals surface area contributed by atoms with E-state index in [1.165, 1.54) is 0 Å². The Hall–Kier alpha value is -3.40. The van der Waals surface area contributed by atoms with Gasteiger partial charge < -0.3 is 14.8 Å². The van der Waals surface area contributed by atoms with Crippen LogP contribution in [0.1, 0.15) is 5.56 Å². The van der Waals surface area contributed by atoms with E-state index in [2.05, 4.69) is 16.2 Å². The average molecular weight is 296 g/mol. The van der Waals surface area contributed by atoms with Crippen LogP contribution < -0.4 is 25.6 Å². The van der Waals surface area contributed by atoms with E-state index in [1.807, 2.05) is 6.07 Å². The summed E-state index contributed by atoms with van der Waals surface area (Å²) in [7, 11) is 0. The number of benzene rings is 2. The number of ether oxygens (including phenoxy) is 2. The Kier molecular flexibility index (Phi) is 3.66. The molecule has 3 rings (SSSR count). The highest BCUT2D eigenvalue weighted by Crippen LogP contribution is 2.34. The second-order valence-corrected chi connectivity index (χ2v) is 4.46. The maximum atomic E-state index is 11.8. The first-order chi connectivity index (χ1) is 10.7. The van der Waals surface area contributed by atoms with E-state index < -0.39 is 6.03 Å². The van der Waals surface area contributed by atoms with Crippen molar-refractivity contribution < 1.29 is 14.3 Å². The zero-order valence-electron chi connectivity index (χ0n) is 11.4. The van der Waals surface area contributed by atoms with E-state index in [0.29, 0.717) is 28.4 Å². The van der Waals surface area contributed by atoms with Crippen molar-refractivity contribution in [3.8, 4) is 17.6 Å². The smallest absolute Gasteiger partial charge is 0.337 e. The number of carbonyl (C=O) groups is 1. The topological polar surface area (TPSA) is 95.4 Å². The standard InChI is InChI=1S/C15H12N4O3/c16-8-10-2-1-3-12(6-10)18-19-15(20)17-11-4-5-13-14(7-11)22-9-21-13/h1-7,18H,9H2,(H2,17,19,20). The first-order valence-corrected chi connectivity index (χ1v) is 6.47. The molecule has 2 aromatic carbocycles. The van der Waals surface area contributed by atoms with Crippen molar-refractivity contribution in [1.82, 2.24) is 5.43 Å². The number of fused-ring (bicyclic) bond motifs is 1. The third-order valence-electron chi connectivity index (χ3n) is 2.94. The summed E-state index contributed by atoms with van der Waals surface area (Å²) in [5, 5.41) is 11.5. The van der Waals surface area contributed by atoms with Crippen LogP contribution in [0.15, 0.2) is 42.5 Å². The molecular weight excluding hydrogens is 284 g/mol. The highest BCUT2D eigenvalue weighted by molar-refractivity contribution is 5.90. The number of carbonyl (C=O) groups excluding carboxylic acids is 1. The predicted octanol–water partition coefficient (Wildman–Crippen LogP) is 2.44. The predicted molar refractivity (Wildman–Crippen MR) is 79.5 cm³/mol. The maximum Gasteiger partial charge on any atom is 0.337 e. The quantitative estimate of drug-likeness (QED) is 0.756. The highest BCUT2D eigenvalue weighted by Gasteiger charge is 2.13. The van der Waals surface area contributed by atoms with Crippen LogP contribution in [0.5, 0.6) is 11.5 Å². The van der Waals surface area contributed by atoms with Crippen LogP contribution in [0.25, 0.3) is 0 Å². The summed E-state index contributed by atoms with van der Waals surface area (Å²) in [5.74, 6) is 1.24. The molecule has 0 unspecified atom stereocenters. The Labute approximate surface area is 126 Å². The molecule has 0 saturated heterocycles. The fourth-order valence-corrected chi connectivity index (χ4v) is 1.93. The third kappa shape index (κ3) is 3.02. The van der Waals surface area contributed by atoms with Gasteiger partial charge in [0.1, 0.15) is 0 Å². The number of nitrogens with zero attached hydrogens (tertiary/aromatic N) is 1. The van der Waals surface area contributed by atoms with Crippen LogP contribution in [-0.2, 0) is 0 Å². The van der Waals surface area contributed by atoms with Crippen molar-refractivity contribution in [3.63, 3.8) is 0 Å². The lowest BCUT2D eigenvalue weighted by molar-refractivity contribution is 0.174. The van der Waals surface area contributed by atoms with E-state index in [-0.39, 0.29) is 6.79 Å². The van der Waals surface area contributed by atoms with Gasteiger partial charge in [-0.05, 0) is 30.3 Å². The minimum atomic E-state index is -0.443. The molecule has 0 aliphatic carbocycles. The molecule has 2 amide bonds. The number of nitrogens with one attached hydrogen (secondary N) is 3. The first-order valence-electron chi connectivity index (χ1n) is 6.47. The molecule has 0 fully saturated rings. The Bertz CT molecular complexity index is 755. The highest BCUT2D eigenvalue weighted by atomic mass is 16.7. The second kappa shape index (κ2) is 5.93. The first kappa shape index (κ1) is 13.6. The third-order valence-corrected chi connectivity index (χ3v) is 2.94. The van der Waals surface area contributed by atoms with Crippen LogP contribution in [0.2, 0.25) is 0 Å². The van der Waals surface area contributed by atoms with Crippen LogP contribution >= 0.6 is 0 Å². The summed E-state index contributed by atoms with van der Waals surface area (Å²) in [4.78, 5) is 11.8. The lowest BCUT2D eigenvalue weighted by atomic mass is 10.2.